The first kappa shape index (κ1) is 15.8. The highest BCUT2D eigenvalue weighted by atomic mass is 16.5. The Morgan fingerprint density at radius 3 is 3.14 bits per heavy atom. The minimum absolute atomic E-state index is 0.0843. The first-order valence-electron chi connectivity index (χ1n) is 7.51. The Labute approximate surface area is 125 Å². The maximum atomic E-state index is 12.0. The monoisotopic (exact) mass is 292 g/mol. The molecule has 1 aromatic rings. The maximum Gasteiger partial charge on any atom is 0.251 e. The molecular formula is C16H24N2O3. The molecule has 1 aliphatic heterocycles. The first-order valence-corrected chi connectivity index (χ1v) is 7.51. The van der Waals surface area contributed by atoms with Crippen molar-refractivity contribution >= 4 is 11.6 Å². The summed E-state index contributed by atoms with van der Waals surface area (Å²) < 4.78 is 11.0. The number of amides is 1. The number of benzene rings is 1. The number of hydrogen-bond acceptors (Lipinski definition) is 4. The van der Waals surface area contributed by atoms with Crippen LogP contribution in [-0.4, -0.2) is 38.4 Å². The summed E-state index contributed by atoms with van der Waals surface area (Å²) in [6.07, 6.45) is 3.27. The standard InChI is InChI=1S/C16H24N2O3/c1-12-14(6-2-7-15(12)17)16(19)18-8-4-9-20-11-13-5-3-10-21-13/h2,6-7,13H,3-5,8-11,17H2,1H3,(H,18,19). The summed E-state index contributed by atoms with van der Waals surface area (Å²) in [7, 11) is 0. The molecule has 1 amide bonds. The van der Waals surface area contributed by atoms with Crippen LogP contribution in [0.25, 0.3) is 0 Å². The number of nitrogens with two attached hydrogens (primary N) is 1. The van der Waals surface area contributed by atoms with Gasteiger partial charge in [-0.25, -0.2) is 0 Å². The van der Waals surface area contributed by atoms with E-state index in [0.717, 1.165) is 31.4 Å². The fraction of sp³-hybridized carbons (Fsp3) is 0.562. The van der Waals surface area contributed by atoms with Crippen LogP contribution in [0.15, 0.2) is 18.2 Å². The third-order valence-electron chi connectivity index (χ3n) is 3.70. The van der Waals surface area contributed by atoms with Crippen molar-refractivity contribution in [3.05, 3.63) is 29.3 Å². The predicted molar refractivity (Wildman–Crippen MR) is 82.3 cm³/mol. The van der Waals surface area contributed by atoms with Crippen LogP contribution < -0.4 is 11.1 Å². The summed E-state index contributed by atoms with van der Waals surface area (Å²) in [6.45, 7) is 4.59. The van der Waals surface area contributed by atoms with Crippen molar-refractivity contribution in [3.8, 4) is 0 Å². The molecule has 1 unspecified atom stereocenters. The molecule has 21 heavy (non-hydrogen) atoms. The number of hydrogen-bond donors (Lipinski definition) is 2. The Balaban J connectivity index is 1.61. The Morgan fingerprint density at radius 2 is 2.38 bits per heavy atom. The average molecular weight is 292 g/mol. The lowest BCUT2D eigenvalue weighted by Gasteiger charge is -2.11. The van der Waals surface area contributed by atoms with E-state index in [4.69, 9.17) is 15.2 Å². The maximum absolute atomic E-state index is 12.0. The van der Waals surface area contributed by atoms with Gasteiger partial charge in [-0.2, -0.15) is 0 Å². The quantitative estimate of drug-likeness (QED) is 0.594. The zero-order chi connectivity index (χ0) is 15.1. The van der Waals surface area contributed by atoms with Crippen LogP contribution in [0.1, 0.15) is 35.2 Å². The van der Waals surface area contributed by atoms with Gasteiger partial charge < -0.3 is 20.5 Å². The van der Waals surface area contributed by atoms with Crippen LogP contribution in [-0.2, 0) is 9.47 Å². The summed E-state index contributed by atoms with van der Waals surface area (Å²) in [5.74, 6) is -0.0843. The predicted octanol–water partition coefficient (Wildman–Crippen LogP) is 1.89. The van der Waals surface area contributed by atoms with Gasteiger partial charge in [-0.05, 0) is 43.9 Å². The molecular weight excluding hydrogens is 268 g/mol. The van der Waals surface area contributed by atoms with Gasteiger partial charge in [0, 0.05) is 31.0 Å². The molecule has 1 fully saturated rings. The van der Waals surface area contributed by atoms with E-state index in [1.165, 1.54) is 0 Å². The van der Waals surface area contributed by atoms with Crippen molar-refractivity contribution in [2.75, 3.05) is 32.1 Å². The van der Waals surface area contributed by atoms with E-state index in [2.05, 4.69) is 5.32 Å². The second-order valence-corrected chi connectivity index (χ2v) is 5.34. The largest absolute Gasteiger partial charge is 0.398 e. The lowest BCUT2D eigenvalue weighted by atomic mass is 10.1. The van der Waals surface area contributed by atoms with Crippen LogP contribution in [0.4, 0.5) is 5.69 Å². The molecule has 1 atom stereocenters. The Hall–Kier alpha value is -1.59. The van der Waals surface area contributed by atoms with Gasteiger partial charge in [-0.1, -0.05) is 6.07 Å². The lowest BCUT2D eigenvalue weighted by molar-refractivity contribution is 0.0166. The van der Waals surface area contributed by atoms with E-state index in [0.29, 0.717) is 31.0 Å². The highest BCUT2D eigenvalue weighted by Gasteiger charge is 2.15. The van der Waals surface area contributed by atoms with Crippen molar-refractivity contribution in [2.24, 2.45) is 0 Å². The summed E-state index contributed by atoms with van der Waals surface area (Å²) >= 11 is 0. The van der Waals surface area contributed by atoms with Gasteiger partial charge in [0.05, 0.1) is 12.7 Å². The normalized spacial score (nSPS) is 17.9. The van der Waals surface area contributed by atoms with Gasteiger partial charge in [0.2, 0.25) is 0 Å². The summed E-state index contributed by atoms with van der Waals surface area (Å²) in [5, 5.41) is 2.89. The van der Waals surface area contributed by atoms with Gasteiger partial charge in [0.1, 0.15) is 0 Å². The summed E-state index contributed by atoms with van der Waals surface area (Å²) in [4.78, 5) is 12.0. The molecule has 0 bridgehead atoms. The molecule has 2 rings (SSSR count). The highest BCUT2D eigenvalue weighted by molar-refractivity contribution is 5.96. The van der Waals surface area contributed by atoms with Crippen LogP contribution >= 0.6 is 0 Å². The number of nitrogen functional groups attached to an aromatic ring is 1. The fourth-order valence-corrected chi connectivity index (χ4v) is 2.36. The molecule has 5 heteroatoms. The topological polar surface area (TPSA) is 73.6 Å². The average Bonchev–Trinajstić information content (AvgIpc) is 2.98. The lowest BCUT2D eigenvalue weighted by Crippen LogP contribution is -2.26. The molecule has 0 radical (unpaired) electrons. The molecule has 5 nitrogen and oxygen atoms in total. The number of rotatable bonds is 7. The summed E-state index contributed by atoms with van der Waals surface area (Å²) in [5.41, 5.74) is 7.90. The van der Waals surface area contributed by atoms with Crippen molar-refractivity contribution in [1.29, 1.82) is 0 Å². The summed E-state index contributed by atoms with van der Waals surface area (Å²) in [6, 6.07) is 5.38. The molecule has 116 valence electrons. The van der Waals surface area contributed by atoms with Gasteiger partial charge in [0.15, 0.2) is 0 Å². The Kier molecular flexibility index (Phi) is 6.02. The molecule has 1 saturated heterocycles. The molecule has 0 aromatic heterocycles. The van der Waals surface area contributed by atoms with Gasteiger partial charge in [0.25, 0.3) is 5.91 Å². The fourth-order valence-electron chi connectivity index (χ4n) is 2.36. The molecule has 1 aromatic carbocycles. The number of nitrogens with one attached hydrogen (secondary N) is 1. The third-order valence-corrected chi connectivity index (χ3v) is 3.70. The molecule has 0 aliphatic carbocycles. The van der Waals surface area contributed by atoms with Crippen molar-refractivity contribution in [3.63, 3.8) is 0 Å². The van der Waals surface area contributed by atoms with Crippen molar-refractivity contribution in [1.82, 2.24) is 5.32 Å². The smallest absolute Gasteiger partial charge is 0.251 e. The van der Waals surface area contributed by atoms with E-state index in [9.17, 15) is 4.79 Å². The first-order chi connectivity index (χ1) is 10.2. The van der Waals surface area contributed by atoms with Crippen LogP contribution in [0.5, 0.6) is 0 Å². The second-order valence-electron chi connectivity index (χ2n) is 5.34. The van der Waals surface area contributed by atoms with E-state index in [1.807, 2.05) is 6.92 Å². The van der Waals surface area contributed by atoms with Gasteiger partial charge in [-0.3, -0.25) is 4.79 Å². The number of ether oxygens (including phenoxy) is 2. The van der Waals surface area contributed by atoms with E-state index < -0.39 is 0 Å². The van der Waals surface area contributed by atoms with E-state index in [1.54, 1.807) is 18.2 Å². The highest BCUT2D eigenvalue weighted by Crippen LogP contribution is 2.15. The molecule has 0 saturated carbocycles. The zero-order valence-electron chi connectivity index (χ0n) is 12.6. The van der Waals surface area contributed by atoms with Gasteiger partial charge in [-0.15, -0.1) is 0 Å². The van der Waals surface area contributed by atoms with Crippen LogP contribution in [0.3, 0.4) is 0 Å². The van der Waals surface area contributed by atoms with E-state index >= 15 is 0 Å². The van der Waals surface area contributed by atoms with Crippen LogP contribution in [0.2, 0.25) is 0 Å². The van der Waals surface area contributed by atoms with Crippen molar-refractivity contribution < 1.29 is 14.3 Å². The third kappa shape index (κ3) is 4.72. The van der Waals surface area contributed by atoms with E-state index in [-0.39, 0.29) is 12.0 Å². The van der Waals surface area contributed by atoms with Crippen LogP contribution in [0, 0.1) is 6.92 Å². The Morgan fingerprint density at radius 1 is 1.52 bits per heavy atom. The Bertz CT molecular complexity index is 471. The van der Waals surface area contributed by atoms with Crippen molar-refractivity contribution in [2.45, 2.75) is 32.3 Å². The number of anilines is 1. The second kappa shape index (κ2) is 8.00. The molecule has 1 heterocycles. The minimum Gasteiger partial charge on any atom is -0.398 e. The molecule has 1 aliphatic rings. The zero-order valence-corrected chi connectivity index (χ0v) is 12.6. The molecule has 0 spiro atoms. The van der Waals surface area contributed by atoms with Gasteiger partial charge >= 0.3 is 0 Å². The SMILES string of the molecule is Cc1c(N)cccc1C(=O)NCCCOCC1CCCO1. The number of carbonyl (C=O) groups is 1. The molecule has 3 N–H and O–H groups in total. The number of carbonyl (C=O) groups excluding carboxylic acids is 1. The minimum atomic E-state index is -0.0843.